The van der Waals surface area contributed by atoms with Gasteiger partial charge in [-0.15, -0.1) is 0 Å². The van der Waals surface area contributed by atoms with Crippen LogP contribution in [-0.2, 0) is 0 Å². The van der Waals surface area contributed by atoms with Gasteiger partial charge in [0.2, 0.25) is 0 Å². The maximum atomic E-state index is 4.42. The number of likely N-dealkylation sites (N-methyl/N-ethyl adjacent to an activating group) is 1. The molecule has 2 heterocycles. The molecular weight excluding hydrogens is 174 g/mol. The fourth-order valence-corrected chi connectivity index (χ4v) is 1.83. The molecule has 14 heavy (non-hydrogen) atoms. The first-order valence-corrected chi connectivity index (χ1v) is 5.13. The molecule has 1 N–H and O–H groups in total. The predicted octanol–water partition coefficient (Wildman–Crippen LogP) is 1.19. The van der Waals surface area contributed by atoms with Gasteiger partial charge >= 0.3 is 0 Å². The topological polar surface area (TPSA) is 28.2 Å². The lowest BCUT2D eigenvalue weighted by Gasteiger charge is -2.24. The second kappa shape index (κ2) is 3.96. The summed E-state index contributed by atoms with van der Waals surface area (Å²) in [5, 5.41) is 3.36. The maximum Gasteiger partial charge on any atom is 0.128 e. The highest BCUT2D eigenvalue weighted by Crippen LogP contribution is 2.15. The van der Waals surface area contributed by atoms with Gasteiger partial charge in [0.15, 0.2) is 0 Å². The Labute approximate surface area is 85.1 Å². The molecule has 0 aromatic carbocycles. The highest BCUT2D eigenvalue weighted by molar-refractivity contribution is 5.39. The van der Waals surface area contributed by atoms with Crippen molar-refractivity contribution < 1.29 is 0 Å². The number of nitrogens with one attached hydrogen (secondary N) is 1. The quantitative estimate of drug-likeness (QED) is 0.761. The Kier molecular flexibility index (Phi) is 2.68. The minimum atomic E-state index is 0.602. The third-order valence-electron chi connectivity index (χ3n) is 2.84. The zero-order valence-corrected chi connectivity index (χ0v) is 8.83. The molecule has 0 bridgehead atoms. The summed E-state index contributed by atoms with van der Waals surface area (Å²) >= 11 is 0. The van der Waals surface area contributed by atoms with Gasteiger partial charge in [-0.25, -0.2) is 4.98 Å². The van der Waals surface area contributed by atoms with Gasteiger partial charge in [0.1, 0.15) is 5.82 Å². The molecule has 1 aliphatic rings. The van der Waals surface area contributed by atoms with Crippen molar-refractivity contribution in [2.24, 2.45) is 0 Å². The molecule has 1 atom stereocenters. The van der Waals surface area contributed by atoms with Gasteiger partial charge in [0, 0.05) is 25.8 Å². The van der Waals surface area contributed by atoms with Crippen LogP contribution < -0.4 is 10.2 Å². The Morgan fingerprint density at radius 2 is 2.36 bits per heavy atom. The van der Waals surface area contributed by atoms with Crippen molar-refractivity contribution in [1.82, 2.24) is 10.3 Å². The van der Waals surface area contributed by atoms with Crippen LogP contribution in [0.2, 0.25) is 0 Å². The van der Waals surface area contributed by atoms with E-state index < -0.39 is 0 Å². The summed E-state index contributed by atoms with van der Waals surface area (Å²) in [6.07, 6.45) is 3.14. The van der Waals surface area contributed by atoms with E-state index in [4.69, 9.17) is 0 Å². The average molecular weight is 191 g/mol. The third-order valence-corrected chi connectivity index (χ3v) is 2.84. The molecule has 0 unspecified atom stereocenters. The molecule has 1 aromatic heterocycles. The van der Waals surface area contributed by atoms with Crippen LogP contribution in [0.25, 0.3) is 0 Å². The molecule has 2 rings (SSSR count). The molecular formula is C11H17N3. The lowest BCUT2D eigenvalue weighted by Crippen LogP contribution is -2.33. The van der Waals surface area contributed by atoms with Crippen molar-refractivity contribution in [3.63, 3.8) is 0 Å². The fourth-order valence-electron chi connectivity index (χ4n) is 1.83. The molecule has 76 valence electrons. The van der Waals surface area contributed by atoms with Crippen molar-refractivity contribution in [1.29, 1.82) is 0 Å². The lowest BCUT2D eigenvalue weighted by molar-refractivity contribution is 0.677. The molecule has 1 aromatic rings. The van der Waals surface area contributed by atoms with E-state index in [0.717, 1.165) is 18.9 Å². The molecule has 0 spiro atoms. The highest BCUT2D eigenvalue weighted by Gasteiger charge is 2.19. The summed E-state index contributed by atoms with van der Waals surface area (Å²) < 4.78 is 0. The van der Waals surface area contributed by atoms with Crippen molar-refractivity contribution in [3.05, 3.63) is 23.9 Å². The van der Waals surface area contributed by atoms with E-state index >= 15 is 0 Å². The van der Waals surface area contributed by atoms with Crippen LogP contribution in [0.3, 0.4) is 0 Å². The smallest absolute Gasteiger partial charge is 0.128 e. The normalized spacial score (nSPS) is 21.1. The first-order chi connectivity index (χ1) is 6.77. The van der Waals surface area contributed by atoms with Crippen molar-refractivity contribution in [2.75, 3.05) is 25.0 Å². The Morgan fingerprint density at radius 3 is 2.93 bits per heavy atom. The highest BCUT2D eigenvalue weighted by atomic mass is 15.2. The van der Waals surface area contributed by atoms with Gasteiger partial charge in [-0.1, -0.05) is 6.07 Å². The van der Waals surface area contributed by atoms with Crippen LogP contribution in [0.4, 0.5) is 5.82 Å². The molecule has 3 nitrogen and oxygen atoms in total. The number of rotatable bonds is 2. The second-order valence-electron chi connectivity index (χ2n) is 3.95. The number of hydrogen-bond donors (Lipinski definition) is 1. The van der Waals surface area contributed by atoms with Gasteiger partial charge in [-0.05, 0) is 31.5 Å². The summed E-state index contributed by atoms with van der Waals surface area (Å²) in [6.45, 7) is 4.26. The van der Waals surface area contributed by atoms with Crippen LogP contribution in [-0.4, -0.2) is 31.2 Å². The fraction of sp³-hybridized carbons (Fsp3) is 0.545. The van der Waals surface area contributed by atoms with Crippen LogP contribution in [0, 0.1) is 6.92 Å². The first-order valence-electron chi connectivity index (χ1n) is 5.13. The Balaban J connectivity index is 2.09. The molecule has 1 saturated heterocycles. The predicted molar refractivity (Wildman–Crippen MR) is 58.7 cm³/mol. The van der Waals surface area contributed by atoms with Gasteiger partial charge < -0.3 is 10.2 Å². The lowest BCUT2D eigenvalue weighted by atomic mass is 10.2. The Bertz CT molecular complexity index is 288. The number of hydrogen-bond acceptors (Lipinski definition) is 3. The number of pyridine rings is 1. The molecule has 0 amide bonds. The average Bonchev–Trinajstić information content (AvgIpc) is 2.71. The van der Waals surface area contributed by atoms with Gasteiger partial charge in [-0.3, -0.25) is 0 Å². The molecule has 0 saturated carbocycles. The van der Waals surface area contributed by atoms with E-state index in [0.29, 0.717) is 6.04 Å². The van der Waals surface area contributed by atoms with E-state index in [-0.39, 0.29) is 0 Å². The summed E-state index contributed by atoms with van der Waals surface area (Å²) in [4.78, 5) is 6.68. The Hall–Kier alpha value is -1.09. The van der Waals surface area contributed by atoms with Crippen LogP contribution in [0.5, 0.6) is 0 Å². The molecule has 0 radical (unpaired) electrons. The van der Waals surface area contributed by atoms with Gasteiger partial charge in [-0.2, -0.15) is 0 Å². The molecule has 1 aliphatic heterocycles. The van der Waals surface area contributed by atoms with Crippen LogP contribution in [0.1, 0.15) is 12.0 Å². The minimum absolute atomic E-state index is 0.602. The SMILES string of the molecule is Cc1ccc(N(C)[C@@H]2CCNC2)nc1. The van der Waals surface area contributed by atoms with Crippen molar-refractivity contribution >= 4 is 5.82 Å². The van der Waals surface area contributed by atoms with E-state index in [2.05, 4.69) is 41.3 Å². The van der Waals surface area contributed by atoms with Gasteiger partial charge in [0.05, 0.1) is 0 Å². The molecule has 1 fully saturated rings. The van der Waals surface area contributed by atoms with Crippen LogP contribution in [0.15, 0.2) is 18.3 Å². The number of aromatic nitrogens is 1. The van der Waals surface area contributed by atoms with Crippen LogP contribution >= 0.6 is 0 Å². The Morgan fingerprint density at radius 1 is 1.50 bits per heavy atom. The van der Waals surface area contributed by atoms with E-state index in [1.165, 1.54) is 12.0 Å². The van der Waals surface area contributed by atoms with E-state index in [1.807, 2.05) is 6.20 Å². The zero-order chi connectivity index (χ0) is 9.97. The van der Waals surface area contributed by atoms with Crippen molar-refractivity contribution in [3.8, 4) is 0 Å². The monoisotopic (exact) mass is 191 g/mol. The zero-order valence-electron chi connectivity index (χ0n) is 8.83. The third kappa shape index (κ3) is 1.87. The number of nitrogens with zero attached hydrogens (tertiary/aromatic N) is 2. The largest absolute Gasteiger partial charge is 0.355 e. The summed E-state index contributed by atoms with van der Waals surface area (Å²) in [6, 6.07) is 4.81. The number of aryl methyl sites for hydroxylation is 1. The number of anilines is 1. The standard InChI is InChI=1S/C11H17N3/c1-9-3-4-11(13-7-9)14(2)10-5-6-12-8-10/h3-4,7,10,12H,5-6,8H2,1-2H3/t10-/m1/s1. The minimum Gasteiger partial charge on any atom is -0.355 e. The summed E-state index contributed by atoms with van der Waals surface area (Å²) in [5.41, 5.74) is 1.21. The summed E-state index contributed by atoms with van der Waals surface area (Å²) in [5.74, 6) is 1.07. The summed E-state index contributed by atoms with van der Waals surface area (Å²) in [7, 11) is 2.12. The molecule has 3 heteroatoms. The van der Waals surface area contributed by atoms with Gasteiger partial charge in [0.25, 0.3) is 0 Å². The maximum absolute atomic E-state index is 4.42. The molecule has 0 aliphatic carbocycles. The van der Waals surface area contributed by atoms with Crippen molar-refractivity contribution in [2.45, 2.75) is 19.4 Å². The second-order valence-corrected chi connectivity index (χ2v) is 3.95. The van der Waals surface area contributed by atoms with E-state index in [1.54, 1.807) is 0 Å². The first kappa shape index (κ1) is 9.46. The van der Waals surface area contributed by atoms with E-state index in [9.17, 15) is 0 Å².